The van der Waals surface area contributed by atoms with Crippen LogP contribution in [0.15, 0.2) is 29.2 Å². The molecule has 0 saturated heterocycles. The number of amides is 2. The Hall–Kier alpha value is -4.14. The topological polar surface area (TPSA) is 184 Å². The molecule has 2 rings (SSSR count). The molecule has 2 aromatic rings. The normalized spacial score (nSPS) is 10.5. The van der Waals surface area contributed by atoms with Gasteiger partial charge in [0.15, 0.2) is 0 Å². The van der Waals surface area contributed by atoms with Crippen LogP contribution in [0.1, 0.15) is 10.4 Å². The Morgan fingerprint density at radius 3 is 2.12 bits per heavy atom. The third-order valence-corrected chi connectivity index (χ3v) is 5.28. The highest BCUT2D eigenvalue weighted by atomic mass is 32.2. The number of nitrogens with zero attached hydrogens (tertiary/aromatic N) is 2. The van der Waals surface area contributed by atoms with Crippen molar-refractivity contribution in [3.8, 4) is 11.8 Å². The van der Waals surface area contributed by atoms with E-state index in [-0.39, 0.29) is 35.5 Å². The number of anilines is 2. The van der Waals surface area contributed by atoms with Gasteiger partial charge in [-0.3, -0.25) is 10.1 Å². The molecule has 0 spiro atoms. The van der Waals surface area contributed by atoms with E-state index in [1.165, 1.54) is 33.5 Å². The highest BCUT2D eigenvalue weighted by Gasteiger charge is 2.26. The van der Waals surface area contributed by atoms with Gasteiger partial charge in [-0.25, -0.2) is 22.7 Å². The highest BCUT2D eigenvalue weighted by molar-refractivity contribution is 7.90. The predicted molar refractivity (Wildman–Crippen MR) is 113 cm³/mol. The smallest absolute Gasteiger partial charge is 0.339 e. The van der Waals surface area contributed by atoms with E-state index in [2.05, 4.69) is 30.1 Å². The monoisotopic (exact) mass is 483 g/mol. The van der Waals surface area contributed by atoms with Gasteiger partial charge in [-0.2, -0.15) is 9.97 Å². The fraction of sp³-hybridized carbons (Fsp3) is 0.278. The lowest BCUT2D eigenvalue weighted by Gasteiger charge is -2.13. The molecule has 0 aliphatic heterocycles. The molecule has 0 aliphatic carbocycles. The fourth-order valence-corrected chi connectivity index (χ4v) is 3.45. The van der Waals surface area contributed by atoms with Crippen molar-refractivity contribution >= 4 is 39.6 Å². The molecule has 2 amide bonds. The van der Waals surface area contributed by atoms with E-state index in [0.717, 1.165) is 19.2 Å². The minimum absolute atomic E-state index is 0.0584. The van der Waals surface area contributed by atoms with Crippen LogP contribution in [0.2, 0.25) is 0 Å². The van der Waals surface area contributed by atoms with Gasteiger partial charge < -0.3 is 24.3 Å². The summed E-state index contributed by atoms with van der Waals surface area (Å²) in [5.74, 6) is -1.75. The SMILES string of the molecule is COC(=O)CNc1ccc(S(=O)(=O)NC(=O)Nc2nc(OC)cc(OC)n2)c(C(=O)OC)c1. The van der Waals surface area contributed by atoms with E-state index in [9.17, 15) is 22.8 Å². The molecule has 15 heteroatoms. The van der Waals surface area contributed by atoms with Gasteiger partial charge in [0.25, 0.3) is 10.0 Å². The molecule has 1 aromatic heterocycles. The largest absolute Gasteiger partial charge is 0.481 e. The molecule has 0 unspecified atom stereocenters. The van der Waals surface area contributed by atoms with Crippen LogP contribution < -0.4 is 24.8 Å². The van der Waals surface area contributed by atoms with Crippen molar-refractivity contribution in [2.45, 2.75) is 4.90 Å². The minimum Gasteiger partial charge on any atom is -0.481 e. The predicted octanol–water partition coefficient (Wildman–Crippen LogP) is 0.376. The quantitative estimate of drug-likeness (QED) is 0.417. The first-order valence-corrected chi connectivity index (χ1v) is 10.5. The summed E-state index contributed by atoms with van der Waals surface area (Å²) in [6, 6.07) is 3.63. The van der Waals surface area contributed by atoms with Crippen molar-refractivity contribution in [3.63, 3.8) is 0 Å². The lowest BCUT2D eigenvalue weighted by Crippen LogP contribution is -2.35. The zero-order valence-electron chi connectivity index (χ0n) is 18.0. The second-order valence-corrected chi connectivity index (χ2v) is 7.62. The van der Waals surface area contributed by atoms with Crippen LogP contribution in [0.4, 0.5) is 16.4 Å². The number of hydrogen-bond acceptors (Lipinski definition) is 12. The summed E-state index contributed by atoms with van der Waals surface area (Å²) in [6.45, 7) is -0.228. The van der Waals surface area contributed by atoms with Crippen molar-refractivity contribution in [3.05, 3.63) is 29.8 Å². The maximum atomic E-state index is 12.8. The molecule has 1 aromatic carbocycles. The Labute approximate surface area is 188 Å². The molecule has 0 aliphatic rings. The Morgan fingerprint density at radius 1 is 0.939 bits per heavy atom. The van der Waals surface area contributed by atoms with Gasteiger partial charge in [-0.15, -0.1) is 0 Å². The van der Waals surface area contributed by atoms with Crippen LogP contribution >= 0.6 is 0 Å². The van der Waals surface area contributed by atoms with Gasteiger partial charge in [-0.05, 0) is 18.2 Å². The van der Waals surface area contributed by atoms with Crippen LogP contribution in [0.5, 0.6) is 11.8 Å². The number of hydrogen-bond donors (Lipinski definition) is 3. The van der Waals surface area contributed by atoms with Gasteiger partial charge in [-0.1, -0.05) is 0 Å². The number of aromatic nitrogens is 2. The number of sulfonamides is 1. The lowest BCUT2D eigenvalue weighted by atomic mass is 10.2. The molecule has 1 heterocycles. The van der Waals surface area contributed by atoms with E-state index >= 15 is 0 Å². The summed E-state index contributed by atoms with van der Waals surface area (Å²) in [4.78, 5) is 42.9. The molecule has 178 valence electrons. The van der Waals surface area contributed by atoms with E-state index in [4.69, 9.17) is 9.47 Å². The number of urea groups is 1. The first-order valence-electron chi connectivity index (χ1n) is 8.97. The zero-order valence-corrected chi connectivity index (χ0v) is 18.8. The number of nitrogens with one attached hydrogen (secondary N) is 3. The van der Waals surface area contributed by atoms with Crippen LogP contribution in [0, 0.1) is 0 Å². The van der Waals surface area contributed by atoms with Gasteiger partial charge in [0, 0.05) is 5.69 Å². The van der Waals surface area contributed by atoms with Gasteiger partial charge in [0.2, 0.25) is 17.7 Å². The van der Waals surface area contributed by atoms with Crippen molar-refractivity contribution in [1.82, 2.24) is 14.7 Å². The van der Waals surface area contributed by atoms with E-state index in [1.807, 2.05) is 0 Å². The zero-order chi connectivity index (χ0) is 24.6. The van der Waals surface area contributed by atoms with Crippen molar-refractivity contribution < 1.29 is 41.7 Å². The van der Waals surface area contributed by atoms with Crippen LogP contribution in [-0.2, 0) is 24.3 Å². The average Bonchev–Trinajstić information content (AvgIpc) is 2.80. The van der Waals surface area contributed by atoms with E-state index in [0.29, 0.717) is 0 Å². The fourth-order valence-electron chi connectivity index (χ4n) is 2.36. The van der Waals surface area contributed by atoms with Crippen LogP contribution in [0.3, 0.4) is 0 Å². The Kier molecular flexibility index (Phi) is 8.33. The molecule has 0 radical (unpaired) electrons. The number of carbonyl (C=O) groups excluding carboxylic acids is 3. The summed E-state index contributed by atoms with van der Waals surface area (Å²) in [5.41, 5.74) is -0.145. The van der Waals surface area contributed by atoms with Crippen LogP contribution in [-0.4, -0.2) is 71.3 Å². The average molecular weight is 483 g/mol. The number of esters is 2. The minimum atomic E-state index is -4.55. The number of ether oxygens (including phenoxy) is 4. The van der Waals surface area contributed by atoms with Crippen molar-refractivity contribution in [1.29, 1.82) is 0 Å². The maximum absolute atomic E-state index is 12.8. The van der Waals surface area contributed by atoms with Crippen molar-refractivity contribution in [2.24, 2.45) is 0 Å². The Bertz CT molecular complexity index is 1130. The third-order valence-electron chi connectivity index (χ3n) is 3.89. The summed E-state index contributed by atoms with van der Waals surface area (Å²) in [6.07, 6.45) is 0. The number of carbonyl (C=O) groups is 3. The van der Waals surface area contributed by atoms with Crippen LogP contribution in [0.25, 0.3) is 0 Å². The van der Waals surface area contributed by atoms with Gasteiger partial charge in [0.1, 0.15) is 11.4 Å². The third kappa shape index (κ3) is 6.67. The summed E-state index contributed by atoms with van der Waals surface area (Å²) in [5, 5.41) is 4.81. The second-order valence-electron chi connectivity index (χ2n) is 5.97. The number of methoxy groups -OCH3 is 4. The molecule has 0 saturated carbocycles. The summed E-state index contributed by atoms with van der Waals surface area (Å²) < 4.78 is 46.3. The maximum Gasteiger partial charge on any atom is 0.339 e. The molecule has 33 heavy (non-hydrogen) atoms. The van der Waals surface area contributed by atoms with Crippen molar-refractivity contribution in [2.75, 3.05) is 45.6 Å². The second kappa shape index (κ2) is 10.9. The first kappa shape index (κ1) is 25.1. The summed E-state index contributed by atoms with van der Waals surface area (Å²) in [7, 11) is 0.359. The molecule has 0 fully saturated rings. The Balaban J connectivity index is 2.28. The standard InChI is InChI=1S/C18H21N5O9S/c1-29-13-8-14(30-2)21-17(20-13)22-18(26)23-33(27,28)12-6-5-10(19-9-15(24)31-3)7-11(12)16(25)32-4/h5-8,19H,9H2,1-4H3,(H2,20,21,22,23,26). The number of rotatable bonds is 9. The molecular weight excluding hydrogens is 462 g/mol. The van der Waals surface area contributed by atoms with E-state index in [1.54, 1.807) is 4.72 Å². The lowest BCUT2D eigenvalue weighted by molar-refractivity contribution is -0.138. The molecule has 3 N–H and O–H groups in total. The molecule has 14 nitrogen and oxygen atoms in total. The number of benzene rings is 1. The molecule has 0 atom stereocenters. The van der Waals surface area contributed by atoms with Gasteiger partial charge >= 0.3 is 18.0 Å². The van der Waals surface area contributed by atoms with E-state index < -0.39 is 32.9 Å². The van der Waals surface area contributed by atoms with Gasteiger partial charge in [0.05, 0.1) is 40.1 Å². The molecular formula is C18H21N5O9S. The highest BCUT2D eigenvalue weighted by Crippen LogP contribution is 2.22. The summed E-state index contributed by atoms with van der Waals surface area (Å²) >= 11 is 0. The first-order chi connectivity index (χ1) is 15.6. The Morgan fingerprint density at radius 2 is 1.58 bits per heavy atom. The molecule has 0 bridgehead atoms.